The fourth-order valence-electron chi connectivity index (χ4n) is 3.16. The number of rotatable bonds is 6. The zero-order valence-electron chi connectivity index (χ0n) is 15.2. The molecule has 4 aromatic carbocycles. The second-order valence-corrected chi connectivity index (χ2v) is 6.94. The van der Waals surface area contributed by atoms with E-state index in [0.717, 1.165) is 27.8 Å². The molecule has 140 valence electrons. The molecular formula is C24H19ClFNO. The Labute approximate surface area is 168 Å². The van der Waals surface area contributed by atoms with Crippen molar-refractivity contribution >= 4 is 28.1 Å². The summed E-state index contributed by atoms with van der Waals surface area (Å²) in [4.78, 5) is 0. The van der Waals surface area contributed by atoms with Crippen molar-refractivity contribution < 1.29 is 9.13 Å². The summed E-state index contributed by atoms with van der Waals surface area (Å²) >= 11 is 5.97. The van der Waals surface area contributed by atoms with E-state index in [9.17, 15) is 4.39 Å². The van der Waals surface area contributed by atoms with Gasteiger partial charge in [-0.1, -0.05) is 60.1 Å². The van der Waals surface area contributed by atoms with Crippen LogP contribution in [-0.2, 0) is 13.2 Å². The molecule has 0 aliphatic heterocycles. The molecule has 0 fully saturated rings. The molecule has 0 amide bonds. The quantitative estimate of drug-likeness (QED) is 0.389. The van der Waals surface area contributed by atoms with Gasteiger partial charge in [0, 0.05) is 28.4 Å². The van der Waals surface area contributed by atoms with Crippen LogP contribution in [0.15, 0.2) is 84.9 Å². The number of fused-ring (bicyclic) bond motifs is 1. The van der Waals surface area contributed by atoms with Crippen molar-refractivity contribution in [3.05, 3.63) is 107 Å². The molecule has 0 atom stereocenters. The molecule has 0 saturated carbocycles. The van der Waals surface area contributed by atoms with Crippen LogP contribution < -0.4 is 10.1 Å². The van der Waals surface area contributed by atoms with E-state index in [1.165, 1.54) is 6.07 Å². The van der Waals surface area contributed by atoms with Crippen molar-refractivity contribution in [1.82, 2.24) is 0 Å². The summed E-state index contributed by atoms with van der Waals surface area (Å²) in [5.41, 5.74) is 2.54. The molecule has 4 heteroatoms. The average Bonchev–Trinajstić information content (AvgIpc) is 2.73. The highest BCUT2D eigenvalue weighted by Crippen LogP contribution is 2.30. The number of ether oxygens (including phenoxy) is 1. The van der Waals surface area contributed by atoms with Gasteiger partial charge < -0.3 is 10.1 Å². The highest BCUT2D eigenvalue weighted by atomic mass is 35.5. The third-order valence-corrected chi connectivity index (χ3v) is 4.90. The molecule has 0 radical (unpaired) electrons. The maximum Gasteiger partial charge on any atom is 0.129 e. The van der Waals surface area contributed by atoms with Gasteiger partial charge in [0.25, 0.3) is 0 Å². The molecule has 0 bridgehead atoms. The van der Waals surface area contributed by atoms with Gasteiger partial charge in [0.15, 0.2) is 0 Å². The monoisotopic (exact) mass is 391 g/mol. The average molecular weight is 392 g/mol. The van der Waals surface area contributed by atoms with Gasteiger partial charge in [-0.2, -0.15) is 0 Å². The zero-order valence-corrected chi connectivity index (χ0v) is 15.9. The topological polar surface area (TPSA) is 21.3 Å². The summed E-state index contributed by atoms with van der Waals surface area (Å²) in [6.45, 7) is 0.758. The summed E-state index contributed by atoms with van der Waals surface area (Å²) in [6, 6.07) is 26.4. The molecule has 0 saturated heterocycles. The molecule has 0 aliphatic carbocycles. The molecule has 0 spiro atoms. The fraction of sp³-hybridized carbons (Fsp3) is 0.0833. The molecule has 1 N–H and O–H groups in total. The Morgan fingerprint density at radius 3 is 2.39 bits per heavy atom. The predicted molar refractivity (Wildman–Crippen MR) is 113 cm³/mol. The van der Waals surface area contributed by atoms with E-state index in [0.29, 0.717) is 17.1 Å². The Hall–Kier alpha value is -3.04. The van der Waals surface area contributed by atoms with Crippen LogP contribution in [0.1, 0.15) is 11.1 Å². The Kier molecular flexibility index (Phi) is 5.45. The van der Waals surface area contributed by atoms with Gasteiger partial charge in [-0.15, -0.1) is 0 Å². The lowest BCUT2D eigenvalue weighted by atomic mass is 10.0. The second kappa shape index (κ2) is 8.32. The Morgan fingerprint density at radius 2 is 1.57 bits per heavy atom. The molecule has 0 heterocycles. The van der Waals surface area contributed by atoms with Crippen LogP contribution >= 0.6 is 11.6 Å². The Morgan fingerprint density at radius 1 is 0.821 bits per heavy atom. The molecule has 2 nitrogen and oxygen atoms in total. The molecule has 4 rings (SSSR count). The molecule has 0 aliphatic rings. The van der Waals surface area contributed by atoms with Gasteiger partial charge in [0.1, 0.15) is 18.2 Å². The summed E-state index contributed by atoms with van der Waals surface area (Å²) in [5, 5.41) is 6.36. The predicted octanol–water partition coefficient (Wildman–Crippen LogP) is 6.82. The largest absolute Gasteiger partial charge is 0.488 e. The minimum Gasteiger partial charge on any atom is -0.488 e. The van der Waals surface area contributed by atoms with Crippen LogP contribution in [0, 0.1) is 5.82 Å². The number of anilines is 1. The van der Waals surface area contributed by atoms with E-state index in [4.69, 9.17) is 16.3 Å². The number of nitrogens with one attached hydrogen (secondary N) is 1. The lowest BCUT2D eigenvalue weighted by Gasteiger charge is -2.16. The maximum absolute atomic E-state index is 13.9. The molecular weight excluding hydrogens is 373 g/mol. The third kappa shape index (κ3) is 4.10. The lowest BCUT2D eigenvalue weighted by Crippen LogP contribution is -2.05. The van der Waals surface area contributed by atoms with Crippen molar-refractivity contribution in [3.8, 4) is 5.75 Å². The van der Waals surface area contributed by atoms with Crippen molar-refractivity contribution in [2.75, 3.05) is 5.32 Å². The van der Waals surface area contributed by atoms with E-state index in [1.807, 2.05) is 54.6 Å². The third-order valence-electron chi connectivity index (χ3n) is 4.65. The Bertz CT molecular complexity index is 1100. The summed E-state index contributed by atoms with van der Waals surface area (Å²) in [5.74, 6) is 0.479. The van der Waals surface area contributed by atoms with E-state index >= 15 is 0 Å². The fourth-order valence-corrected chi connectivity index (χ4v) is 3.29. The maximum atomic E-state index is 13.9. The minimum atomic E-state index is -0.260. The van der Waals surface area contributed by atoms with E-state index in [2.05, 4.69) is 17.4 Å². The number of benzene rings is 4. The van der Waals surface area contributed by atoms with Crippen molar-refractivity contribution in [2.24, 2.45) is 0 Å². The summed E-state index contributed by atoms with van der Waals surface area (Å²) in [7, 11) is 0. The van der Waals surface area contributed by atoms with Crippen LogP contribution in [-0.4, -0.2) is 0 Å². The van der Waals surface area contributed by atoms with Crippen molar-refractivity contribution in [2.45, 2.75) is 13.2 Å². The first-order valence-electron chi connectivity index (χ1n) is 9.07. The SMILES string of the molecule is Fc1ccccc1COc1ccc2ccccc2c1CNc1ccc(Cl)cc1. The first-order valence-corrected chi connectivity index (χ1v) is 9.45. The molecule has 28 heavy (non-hydrogen) atoms. The molecule has 0 aromatic heterocycles. The zero-order chi connectivity index (χ0) is 19.3. The van der Waals surface area contributed by atoms with Crippen LogP contribution in [0.4, 0.5) is 10.1 Å². The van der Waals surface area contributed by atoms with Gasteiger partial charge in [0.2, 0.25) is 0 Å². The Balaban J connectivity index is 1.62. The summed E-state index contributed by atoms with van der Waals surface area (Å²) < 4.78 is 20.0. The number of hydrogen-bond acceptors (Lipinski definition) is 2. The number of halogens is 2. The molecule has 4 aromatic rings. The highest BCUT2D eigenvalue weighted by Gasteiger charge is 2.10. The lowest BCUT2D eigenvalue weighted by molar-refractivity contribution is 0.297. The van der Waals surface area contributed by atoms with Crippen molar-refractivity contribution in [3.63, 3.8) is 0 Å². The normalized spacial score (nSPS) is 10.8. The smallest absolute Gasteiger partial charge is 0.129 e. The standard InChI is InChI=1S/C24H19ClFNO/c25-19-10-12-20(13-11-19)27-15-22-21-7-3-1-5-17(21)9-14-24(22)28-16-18-6-2-4-8-23(18)26/h1-14,27H,15-16H2. The van der Waals surface area contributed by atoms with E-state index < -0.39 is 0 Å². The van der Waals surface area contributed by atoms with Crippen molar-refractivity contribution in [1.29, 1.82) is 0 Å². The first kappa shape index (κ1) is 18.3. The van der Waals surface area contributed by atoms with Gasteiger partial charge in [-0.3, -0.25) is 0 Å². The van der Waals surface area contributed by atoms with Gasteiger partial charge >= 0.3 is 0 Å². The van der Waals surface area contributed by atoms with E-state index in [1.54, 1.807) is 12.1 Å². The highest BCUT2D eigenvalue weighted by molar-refractivity contribution is 6.30. The minimum absolute atomic E-state index is 0.180. The van der Waals surface area contributed by atoms with Crippen LogP contribution in [0.5, 0.6) is 5.75 Å². The second-order valence-electron chi connectivity index (χ2n) is 6.50. The van der Waals surface area contributed by atoms with Gasteiger partial charge in [0.05, 0.1) is 0 Å². The van der Waals surface area contributed by atoms with Crippen LogP contribution in [0.2, 0.25) is 5.02 Å². The van der Waals surface area contributed by atoms with Crippen LogP contribution in [0.25, 0.3) is 10.8 Å². The van der Waals surface area contributed by atoms with Crippen LogP contribution in [0.3, 0.4) is 0 Å². The first-order chi connectivity index (χ1) is 13.7. The molecule has 0 unspecified atom stereocenters. The number of hydrogen-bond donors (Lipinski definition) is 1. The van der Waals surface area contributed by atoms with E-state index in [-0.39, 0.29) is 12.4 Å². The van der Waals surface area contributed by atoms with Gasteiger partial charge in [-0.05, 0) is 47.2 Å². The van der Waals surface area contributed by atoms with Gasteiger partial charge in [-0.25, -0.2) is 4.39 Å². The summed E-state index contributed by atoms with van der Waals surface area (Å²) in [6.07, 6.45) is 0.